The largest absolute Gasteiger partial charge is 0.477 e. The summed E-state index contributed by atoms with van der Waals surface area (Å²) in [4.78, 5) is 10.9. The van der Waals surface area contributed by atoms with Gasteiger partial charge in [-0.05, 0) is 31.2 Å². The summed E-state index contributed by atoms with van der Waals surface area (Å²) in [6, 6.07) is -0.157. The van der Waals surface area contributed by atoms with E-state index in [9.17, 15) is 13.2 Å². The van der Waals surface area contributed by atoms with Gasteiger partial charge in [0.2, 0.25) is 10.0 Å². The highest BCUT2D eigenvalue weighted by Gasteiger charge is 2.32. The Balaban J connectivity index is 3.28. The number of carboxylic acids is 1. The predicted octanol–water partition coefficient (Wildman–Crippen LogP) is 2.56. The molecule has 7 heteroatoms. The van der Waals surface area contributed by atoms with E-state index in [2.05, 4.69) is 0 Å². The number of carboxylic acid groups (broad SMARTS) is 1. The Bertz CT molecular complexity index is 562. The van der Waals surface area contributed by atoms with E-state index < -0.39 is 16.0 Å². The van der Waals surface area contributed by atoms with Crippen LogP contribution < -0.4 is 0 Å². The molecule has 19 heavy (non-hydrogen) atoms. The van der Waals surface area contributed by atoms with E-state index in [0.717, 1.165) is 24.2 Å². The molecule has 0 fully saturated rings. The smallest absolute Gasteiger partial charge is 0.347 e. The molecule has 1 unspecified atom stereocenters. The van der Waals surface area contributed by atoms with E-state index in [1.54, 1.807) is 12.3 Å². The van der Waals surface area contributed by atoms with Crippen LogP contribution in [0, 0.1) is 6.92 Å². The van der Waals surface area contributed by atoms with E-state index in [4.69, 9.17) is 5.11 Å². The highest BCUT2D eigenvalue weighted by atomic mass is 32.2. The normalized spacial score (nSPS) is 13.7. The van der Waals surface area contributed by atoms with Crippen LogP contribution in [0.3, 0.4) is 0 Å². The second-order valence-electron chi connectivity index (χ2n) is 4.54. The molecule has 0 amide bonds. The van der Waals surface area contributed by atoms with Gasteiger partial charge in [-0.1, -0.05) is 13.3 Å². The Morgan fingerprint density at radius 1 is 1.53 bits per heavy atom. The molecule has 108 valence electrons. The van der Waals surface area contributed by atoms with Crippen molar-refractivity contribution < 1.29 is 18.3 Å². The molecule has 1 atom stereocenters. The van der Waals surface area contributed by atoms with Gasteiger partial charge in [0.1, 0.15) is 9.77 Å². The van der Waals surface area contributed by atoms with E-state index in [-0.39, 0.29) is 15.8 Å². The molecule has 1 aromatic rings. The van der Waals surface area contributed by atoms with Crippen LogP contribution in [-0.4, -0.2) is 36.9 Å². The minimum Gasteiger partial charge on any atom is -0.477 e. The average Bonchev–Trinajstić information content (AvgIpc) is 2.71. The van der Waals surface area contributed by atoms with Crippen LogP contribution in [0.5, 0.6) is 0 Å². The lowest BCUT2D eigenvalue weighted by Gasteiger charge is -2.24. The first-order chi connectivity index (χ1) is 8.73. The van der Waals surface area contributed by atoms with Crippen molar-refractivity contribution in [2.75, 3.05) is 7.05 Å². The molecule has 0 aliphatic heterocycles. The number of aryl methyl sites for hydroxylation is 1. The van der Waals surface area contributed by atoms with Gasteiger partial charge in [-0.15, -0.1) is 11.3 Å². The number of rotatable bonds is 6. The van der Waals surface area contributed by atoms with Crippen molar-refractivity contribution in [1.82, 2.24) is 4.31 Å². The molecule has 0 radical (unpaired) electrons. The van der Waals surface area contributed by atoms with Crippen molar-refractivity contribution in [2.45, 2.75) is 44.6 Å². The minimum absolute atomic E-state index is 0.0737. The van der Waals surface area contributed by atoms with Crippen molar-refractivity contribution >= 4 is 27.3 Å². The second-order valence-corrected chi connectivity index (χ2v) is 7.36. The van der Waals surface area contributed by atoms with E-state index in [1.807, 2.05) is 13.8 Å². The van der Waals surface area contributed by atoms with Crippen molar-refractivity contribution in [3.63, 3.8) is 0 Å². The molecule has 1 N–H and O–H groups in total. The third kappa shape index (κ3) is 3.16. The van der Waals surface area contributed by atoms with Crippen LogP contribution in [0.2, 0.25) is 0 Å². The van der Waals surface area contributed by atoms with Crippen molar-refractivity contribution in [3.8, 4) is 0 Å². The quantitative estimate of drug-likeness (QED) is 0.876. The van der Waals surface area contributed by atoms with Crippen LogP contribution in [0.4, 0.5) is 0 Å². The molecule has 5 nitrogen and oxygen atoms in total. The van der Waals surface area contributed by atoms with Gasteiger partial charge in [0, 0.05) is 13.1 Å². The Labute approximate surface area is 117 Å². The highest BCUT2D eigenvalue weighted by molar-refractivity contribution is 7.89. The minimum atomic E-state index is -3.76. The van der Waals surface area contributed by atoms with Gasteiger partial charge in [0.15, 0.2) is 0 Å². The SMILES string of the molecule is CCCC(C)N(C)S(=O)(=O)c1c(C)csc1C(=O)O. The number of sulfonamides is 1. The highest BCUT2D eigenvalue weighted by Crippen LogP contribution is 2.30. The molecule has 0 aliphatic rings. The summed E-state index contributed by atoms with van der Waals surface area (Å²) >= 11 is 0.948. The molecule has 1 aromatic heterocycles. The third-order valence-corrected chi connectivity index (χ3v) is 6.45. The van der Waals surface area contributed by atoms with Crippen molar-refractivity contribution in [3.05, 3.63) is 15.8 Å². The summed E-state index contributed by atoms with van der Waals surface area (Å²) in [6.07, 6.45) is 1.61. The molecular formula is C12H19NO4S2. The monoisotopic (exact) mass is 305 g/mol. The molecule has 0 aromatic carbocycles. The zero-order valence-electron chi connectivity index (χ0n) is 11.5. The van der Waals surface area contributed by atoms with Gasteiger partial charge in [-0.2, -0.15) is 4.31 Å². The summed E-state index contributed by atoms with van der Waals surface area (Å²) in [5.41, 5.74) is 0.484. The van der Waals surface area contributed by atoms with Gasteiger partial charge >= 0.3 is 5.97 Å². The zero-order chi connectivity index (χ0) is 14.8. The van der Waals surface area contributed by atoms with E-state index >= 15 is 0 Å². The Morgan fingerprint density at radius 3 is 2.58 bits per heavy atom. The number of hydrogen-bond donors (Lipinski definition) is 1. The second kappa shape index (κ2) is 6.02. The lowest BCUT2D eigenvalue weighted by Crippen LogP contribution is -2.35. The van der Waals surface area contributed by atoms with Gasteiger partial charge < -0.3 is 5.11 Å². The molecule has 0 bridgehead atoms. The first-order valence-corrected chi connectivity index (χ1v) is 8.34. The maximum absolute atomic E-state index is 12.5. The predicted molar refractivity (Wildman–Crippen MR) is 75.3 cm³/mol. The molecular weight excluding hydrogens is 286 g/mol. The maximum Gasteiger partial charge on any atom is 0.347 e. The Hall–Kier alpha value is -0.920. The number of aromatic carboxylic acids is 1. The average molecular weight is 305 g/mol. The van der Waals surface area contributed by atoms with Crippen molar-refractivity contribution in [1.29, 1.82) is 0 Å². The maximum atomic E-state index is 12.5. The molecule has 0 saturated carbocycles. The van der Waals surface area contributed by atoms with E-state index in [1.165, 1.54) is 11.4 Å². The molecule has 1 heterocycles. The van der Waals surface area contributed by atoms with Crippen LogP contribution in [0.25, 0.3) is 0 Å². The fourth-order valence-corrected chi connectivity index (χ4v) is 4.85. The fraction of sp³-hybridized carbons (Fsp3) is 0.583. The van der Waals surface area contributed by atoms with Gasteiger partial charge in [0.05, 0.1) is 0 Å². The first kappa shape index (κ1) is 16.1. The summed E-state index contributed by atoms with van der Waals surface area (Å²) in [7, 11) is -2.26. The summed E-state index contributed by atoms with van der Waals surface area (Å²) in [5.74, 6) is -1.20. The fourth-order valence-electron chi connectivity index (χ4n) is 1.88. The lowest BCUT2D eigenvalue weighted by molar-refractivity contribution is 0.0698. The van der Waals surface area contributed by atoms with Crippen molar-refractivity contribution in [2.24, 2.45) is 0 Å². The number of thiophene rings is 1. The topological polar surface area (TPSA) is 74.7 Å². The molecule has 1 rings (SSSR count). The Morgan fingerprint density at radius 2 is 2.11 bits per heavy atom. The van der Waals surface area contributed by atoms with Crippen LogP contribution in [0.15, 0.2) is 10.3 Å². The van der Waals surface area contributed by atoms with Crippen LogP contribution in [0.1, 0.15) is 41.9 Å². The van der Waals surface area contributed by atoms with Crippen LogP contribution in [-0.2, 0) is 10.0 Å². The molecule has 0 saturated heterocycles. The van der Waals surface area contributed by atoms with Gasteiger partial charge in [-0.25, -0.2) is 13.2 Å². The van der Waals surface area contributed by atoms with Crippen LogP contribution >= 0.6 is 11.3 Å². The zero-order valence-corrected chi connectivity index (χ0v) is 13.1. The Kier molecular flexibility index (Phi) is 5.11. The van der Waals surface area contributed by atoms with Gasteiger partial charge in [0.25, 0.3) is 0 Å². The van der Waals surface area contributed by atoms with Gasteiger partial charge in [-0.3, -0.25) is 0 Å². The third-order valence-electron chi connectivity index (χ3n) is 3.08. The first-order valence-electron chi connectivity index (χ1n) is 6.02. The lowest BCUT2D eigenvalue weighted by atomic mass is 10.2. The standard InChI is InChI=1S/C12H19NO4S2/c1-5-6-9(3)13(4)19(16,17)11-8(2)7-18-10(11)12(14)15/h7,9H,5-6H2,1-4H3,(H,14,15). The number of nitrogens with zero attached hydrogens (tertiary/aromatic N) is 1. The summed E-state index contributed by atoms with van der Waals surface area (Å²) in [6.45, 7) is 5.42. The molecule has 0 spiro atoms. The van der Waals surface area contributed by atoms with E-state index in [0.29, 0.717) is 5.56 Å². The number of hydrogen-bond acceptors (Lipinski definition) is 4. The summed E-state index contributed by atoms with van der Waals surface area (Å²) < 4.78 is 26.3. The number of carbonyl (C=O) groups is 1. The summed E-state index contributed by atoms with van der Waals surface area (Å²) in [5, 5.41) is 10.7. The molecule has 0 aliphatic carbocycles.